The van der Waals surface area contributed by atoms with E-state index in [2.05, 4.69) is 46.0 Å². The smallest absolute Gasteiger partial charge is 0.0668 e. The van der Waals surface area contributed by atoms with E-state index >= 15 is 0 Å². The maximum Gasteiger partial charge on any atom is 0.0668 e. The molecule has 0 aromatic heterocycles. The van der Waals surface area contributed by atoms with Gasteiger partial charge in [0.05, 0.1) is 13.2 Å². The molecule has 0 spiro atoms. The van der Waals surface area contributed by atoms with Crippen LogP contribution in [-0.4, -0.2) is 25.8 Å². The summed E-state index contributed by atoms with van der Waals surface area (Å²) in [6.45, 7) is 6.72. The highest BCUT2D eigenvalue weighted by Crippen LogP contribution is 2.30. The summed E-state index contributed by atoms with van der Waals surface area (Å²) in [5.41, 5.74) is 8.48. The van der Waals surface area contributed by atoms with Crippen molar-refractivity contribution in [1.82, 2.24) is 0 Å². The molecule has 2 N–H and O–H groups in total. The van der Waals surface area contributed by atoms with Crippen LogP contribution in [0.5, 0.6) is 0 Å². The molecule has 2 atom stereocenters. The minimum absolute atomic E-state index is 0.0394. The molecule has 1 heterocycles. The summed E-state index contributed by atoms with van der Waals surface area (Å²) in [4.78, 5) is 2.38. The van der Waals surface area contributed by atoms with Gasteiger partial charge in [0.2, 0.25) is 0 Å². The summed E-state index contributed by atoms with van der Waals surface area (Å²) >= 11 is 3.50. The first-order valence-electron chi connectivity index (χ1n) is 5.99. The second-order valence-electron chi connectivity index (χ2n) is 4.61. The fourth-order valence-electron chi connectivity index (χ4n) is 2.24. The number of benzene rings is 1. The van der Waals surface area contributed by atoms with Gasteiger partial charge in [0.25, 0.3) is 0 Å². The highest BCUT2D eigenvalue weighted by Gasteiger charge is 2.22. The Hall–Kier alpha value is -0.580. The zero-order valence-corrected chi connectivity index (χ0v) is 11.9. The quantitative estimate of drug-likeness (QED) is 0.912. The van der Waals surface area contributed by atoms with Gasteiger partial charge in [-0.15, -0.1) is 0 Å². The molecule has 1 aromatic carbocycles. The maximum absolute atomic E-state index is 6.06. The van der Waals surface area contributed by atoms with Crippen LogP contribution in [0.3, 0.4) is 0 Å². The molecule has 1 saturated heterocycles. The van der Waals surface area contributed by atoms with Gasteiger partial charge in [0.1, 0.15) is 0 Å². The second kappa shape index (κ2) is 5.38. The lowest BCUT2D eigenvalue weighted by atomic mass is 10.0. The van der Waals surface area contributed by atoms with E-state index < -0.39 is 0 Å². The average molecular weight is 299 g/mol. The van der Waals surface area contributed by atoms with Gasteiger partial charge in [-0.1, -0.05) is 15.9 Å². The number of morpholine rings is 1. The molecule has 0 bridgehead atoms. The summed E-state index contributed by atoms with van der Waals surface area (Å²) in [5.74, 6) is 0. The molecule has 0 amide bonds. The van der Waals surface area contributed by atoms with Crippen LogP contribution in [0.2, 0.25) is 0 Å². The van der Waals surface area contributed by atoms with Crippen molar-refractivity contribution in [3.8, 4) is 0 Å². The fraction of sp³-hybridized carbons (Fsp3) is 0.538. The highest BCUT2D eigenvalue weighted by molar-refractivity contribution is 9.10. The van der Waals surface area contributed by atoms with Crippen LogP contribution in [-0.2, 0) is 4.74 Å². The molecule has 1 aliphatic heterocycles. The first-order valence-corrected chi connectivity index (χ1v) is 6.78. The summed E-state index contributed by atoms with van der Waals surface area (Å²) in [7, 11) is 0. The Morgan fingerprint density at radius 2 is 2.29 bits per heavy atom. The van der Waals surface area contributed by atoms with Crippen molar-refractivity contribution >= 4 is 21.6 Å². The van der Waals surface area contributed by atoms with E-state index in [9.17, 15) is 0 Å². The van der Waals surface area contributed by atoms with E-state index in [1.807, 2.05) is 6.92 Å². The van der Waals surface area contributed by atoms with Gasteiger partial charge >= 0.3 is 0 Å². The van der Waals surface area contributed by atoms with Gasteiger partial charge in [0.15, 0.2) is 0 Å². The molecule has 2 unspecified atom stereocenters. The summed E-state index contributed by atoms with van der Waals surface area (Å²) in [6, 6.07) is 6.77. The van der Waals surface area contributed by atoms with Crippen molar-refractivity contribution in [3.05, 3.63) is 28.2 Å². The molecule has 0 saturated carbocycles. The van der Waals surface area contributed by atoms with Crippen LogP contribution in [0.25, 0.3) is 0 Å². The lowest BCUT2D eigenvalue weighted by molar-refractivity contribution is 0.0988. The van der Waals surface area contributed by atoms with Crippen LogP contribution in [0, 0.1) is 0 Å². The number of halogens is 1. The third kappa shape index (κ3) is 2.81. The predicted octanol–water partition coefficient (Wildman–Crippen LogP) is 2.69. The zero-order valence-electron chi connectivity index (χ0n) is 10.3. The third-order valence-corrected chi connectivity index (χ3v) is 3.65. The number of nitrogens with two attached hydrogens (primary N) is 1. The van der Waals surface area contributed by atoms with Crippen LogP contribution in [0.1, 0.15) is 25.5 Å². The minimum atomic E-state index is 0.0394. The lowest BCUT2D eigenvalue weighted by Crippen LogP contribution is -2.44. The van der Waals surface area contributed by atoms with Crippen molar-refractivity contribution in [2.75, 3.05) is 24.7 Å². The molecule has 3 nitrogen and oxygen atoms in total. The molecule has 1 aliphatic rings. The standard InChI is InChI=1S/C13H19BrN2O/c1-9-8-17-6-5-16(9)13-4-3-11(14)7-12(13)10(2)15/h3-4,7,9-10H,5-6,8,15H2,1-2H3. The predicted molar refractivity (Wildman–Crippen MR) is 74.4 cm³/mol. The van der Waals surface area contributed by atoms with E-state index in [4.69, 9.17) is 10.5 Å². The first kappa shape index (κ1) is 12.9. The fourth-order valence-corrected chi connectivity index (χ4v) is 2.62. The van der Waals surface area contributed by atoms with Gasteiger partial charge in [-0.25, -0.2) is 0 Å². The normalized spacial score (nSPS) is 22.6. The van der Waals surface area contributed by atoms with E-state index in [0.717, 1.165) is 24.2 Å². The molecule has 2 rings (SSSR count). The van der Waals surface area contributed by atoms with Crippen LogP contribution < -0.4 is 10.6 Å². The Labute approximate surface area is 111 Å². The van der Waals surface area contributed by atoms with Gasteiger partial charge in [-0.05, 0) is 37.6 Å². The van der Waals surface area contributed by atoms with Crippen LogP contribution in [0.15, 0.2) is 22.7 Å². The number of hydrogen-bond acceptors (Lipinski definition) is 3. The molecule has 0 aliphatic carbocycles. The van der Waals surface area contributed by atoms with E-state index in [-0.39, 0.29) is 6.04 Å². The summed E-state index contributed by atoms with van der Waals surface area (Å²) in [6.07, 6.45) is 0. The molecule has 1 fully saturated rings. The number of rotatable bonds is 2. The van der Waals surface area contributed by atoms with E-state index in [0.29, 0.717) is 6.04 Å². The molecule has 4 heteroatoms. The zero-order chi connectivity index (χ0) is 12.4. The lowest BCUT2D eigenvalue weighted by Gasteiger charge is -2.37. The molecular weight excluding hydrogens is 280 g/mol. The maximum atomic E-state index is 6.06. The summed E-state index contributed by atoms with van der Waals surface area (Å²) in [5, 5.41) is 0. The molecule has 0 radical (unpaired) electrons. The number of hydrogen-bond donors (Lipinski definition) is 1. The second-order valence-corrected chi connectivity index (χ2v) is 5.52. The van der Waals surface area contributed by atoms with E-state index in [1.165, 1.54) is 11.3 Å². The third-order valence-electron chi connectivity index (χ3n) is 3.16. The van der Waals surface area contributed by atoms with Gasteiger partial charge in [-0.2, -0.15) is 0 Å². The van der Waals surface area contributed by atoms with E-state index in [1.54, 1.807) is 0 Å². The van der Waals surface area contributed by atoms with Gasteiger partial charge in [0, 0.05) is 28.8 Å². The Kier molecular flexibility index (Phi) is 4.07. The van der Waals surface area contributed by atoms with Gasteiger partial charge in [-0.3, -0.25) is 0 Å². The number of ether oxygens (including phenoxy) is 1. The topological polar surface area (TPSA) is 38.5 Å². The first-order chi connectivity index (χ1) is 8.09. The van der Waals surface area contributed by atoms with Crippen LogP contribution in [0.4, 0.5) is 5.69 Å². The minimum Gasteiger partial charge on any atom is -0.377 e. The molecular formula is C13H19BrN2O. The van der Waals surface area contributed by atoms with Crippen LogP contribution >= 0.6 is 15.9 Å². The Morgan fingerprint density at radius 3 is 2.94 bits per heavy atom. The van der Waals surface area contributed by atoms with Crippen molar-refractivity contribution < 1.29 is 4.74 Å². The van der Waals surface area contributed by atoms with Crippen molar-refractivity contribution in [3.63, 3.8) is 0 Å². The Morgan fingerprint density at radius 1 is 1.53 bits per heavy atom. The monoisotopic (exact) mass is 298 g/mol. The largest absolute Gasteiger partial charge is 0.377 e. The number of anilines is 1. The van der Waals surface area contributed by atoms with Crippen molar-refractivity contribution in [2.24, 2.45) is 5.73 Å². The molecule has 94 valence electrons. The van der Waals surface area contributed by atoms with Crippen molar-refractivity contribution in [1.29, 1.82) is 0 Å². The Bertz CT molecular complexity index is 395. The molecule has 1 aromatic rings. The van der Waals surface area contributed by atoms with Crippen molar-refractivity contribution in [2.45, 2.75) is 25.9 Å². The average Bonchev–Trinajstić information content (AvgIpc) is 2.30. The summed E-state index contributed by atoms with van der Waals surface area (Å²) < 4.78 is 6.55. The Balaban J connectivity index is 2.36. The highest BCUT2D eigenvalue weighted by atomic mass is 79.9. The SMILES string of the molecule is CC(N)c1cc(Br)ccc1N1CCOCC1C. The number of nitrogens with zero attached hydrogens (tertiary/aromatic N) is 1. The van der Waals surface area contributed by atoms with Gasteiger partial charge < -0.3 is 15.4 Å². The molecule has 17 heavy (non-hydrogen) atoms.